The number of alkyl carbamates (subject to hydrolysis) is 1. The van der Waals surface area contributed by atoms with Gasteiger partial charge in [-0.05, 0) is 30.9 Å². The number of rotatable bonds is 3. The molecule has 5 nitrogen and oxygen atoms in total. The van der Waals surface area contributed by atoms with E-state index in [9.17, 15) is 9.59 Å². The Morgan fingerprint density at radius 2 is 1.84 bits per heavy atom. The molecule has 0 saturated heterocycles. The van der Waals surface area contributed by atoms with Crippen LogP contribution >= 0.6 is 0 Å². The molecule has 1 heterocycles. The fourth-order valence-electron chi connectivity index (χ4n) is 2.68. The minimum atomic E-state index is -0.545. The van der Waals surface area contributed by atoms with E-state index in [4.69, 9.17) is 0 Å². The van der Waals surface area contributed by atoms with Crippen LogP contribution in [0.3, 0.4) is 0 Å². The van der Waals surface area contributed by atoms with E-state index in [1.54, 1.807) is 24.5 Å². The van der Waals surface area contributed by atoms with Crippen LogP contribution in [0, 0.1) is 5.92 Å². The predicted molar refractivity (Wildman–Crippen MR) is 71.0 cm³/mol. The Hall–Kier alpha value is -1.78. The zero-order valence-electron chi connectivity index (χ0n) is 11.2. The van der Waals surface area contributed by atoms with Crippen LogP contribution in [-0.2, 0) is 4.74 Å². The summed E-state index contributed by atoms with van der Waals surface area (Å²) in [5.41, 5.74) is 0. The summed E-state index contributed by atoms with van der Waals surface area (Å²) in [7, 11) is 1.31. The van der Waals surface area contributed by atoms with Crippen LogP contribution in [0.4, 0.5) is 4.79 Å². The second-order valence-electron chi connectivity index (χ2n) is 4.94. The molecule has 1 aliphatic carbocycles. The first-order valence-corrected chi connectivity index (χ1v) is 6.74. The monoisotopic (exact) mass is 264 g/mol. The Kier molecular flexibility index (Phi) is 4.60. The fraction of sp³-hybridized carbons (Fsp3) is 0.571. The molecule has 1 aromatic rings. The van der Waals surface area contributed by atoms with Crippen LogP contribution < -0.4 is 5.32 Å². The summed E-state index contributed by atoms with van der Waals surface area (Å²) in [5, 5.41) is 2.69. The van der Waals surface area contributed by atoms with Crippen molar-refractivity contribution in [3.05, 3.63) is 24.5 Å². The molecule has 1 saturated carbocycles. The number of carbonyl (C=O) groups excluding carboxylic acids is 2. The van der Waals surface area contributed by atoms with Gasteiger partial charge in [0.25, 0.3) is 5.91 Å². The minimum absolute atomic E-state index is 0.0951. The molecule has 19 heavy (non-hydrogen) atoms. The minimum Gasteiger partial charge on any atom is -0.453 e. The normalized spacial score (nSPS) is 17.7. The van der Waals surface area contributed by atoms with Crippen molar-refractivity contribution < 1.29 is 14.3 Å². The number of carbonyl (C=O) groups is 2. The van der Waals surface area contributed by atoms with Crippen molar-refractivity contribution >= 4 is 12.0 Å². The summed E-state index contributed by atoms with van der Waals surface area (Å²) < 4.78 is 6.15. The van der Waals surface area contributed by atoms with Crippen molar-refractivity contribution in [2.75, 3.05) is 7.11 Å². The molecule has 0 aromatic carbocycles. The van der Waals surface area contributed by atoms with Gasteiger partial charge in [0.05, 0.1) is 7.11 Å². The Labute approximate surface area is 112 Å². The van der Waals surface area contributed by atoms with Crippen molar-refractivity contribution in [3.63, 3.8) is 0 Å². The van der Waals surface area contributed by atoms with Crippen molar-refractivity contribution in [1.29, 1.82) is 0 Å². The molecule has 0 bridgehead atoms. The van der Waals surface area contributed by atoms with Crippen LogP contribution in [0.2, 0.25) is 0 Å². The molecule has 2 rings (SSSR count). The average molecular weight is 264 g/mol. The van der Waals surface area contributed by atoms with Gasteiger partial charge in [-0.15, -0.1) is 0 Å². The number of nitrogens with one attached hydrogen (secondary N) is 1. The first-order valence-electron chi connectivity index (χ1n) is 6.74. The molecule has 5 heteroatoms. The summed E-state index contributed by atoms with van der Waals surface area (Å²) in [6, 6.07) is 3.10. The van der Waals surface area contributed by atoms with E-state index in [1.165, 1.54) is 18.1 Å². The predicted octanol–water partition coefficient (Wildman–Crippen LogP) is 2.43. The van der Waals surface area contributed by atoms with Crippen LogP contribution in [-0.4, -0.2) is 29.7 Å². The number of hydrogen-bond donors (Lipinski definition) is 1. The number of hydrogen-bond acceptors (Lipinski definition) is 3. The van der Waals surface area contributed by atoms with Gasteiger partial charge < -0.3 is 10.1 Å². The molecule has 1 fully saturated rings. The zero-order valence-corrected chi connectivity index (χ0v) is 11.2. The SMILES string of the molecule is COC(=O)NC(C(=O)n1cccc1)C1CCCCC1. The van der Waals surface area contributed by atoms with Crippen LogP contribution in [0.5, 0.6) is 0 Å². The van der Waals surface area contributed by atoms with Gasteiger partial charge in [-0.2, -0.15) is 0 Å². The summed E-state index contributed by atoms with van der Waals surface area (Å²) in [6.07, 6.45) is 8.25. The number of nitrogens with zero attached hydrogens (tertiary/aromatic N) is 1. The number of aromatic nitrogens is 1. The molecular weight excluding hydrogens is 244 g/mol. The maximum atomic E-state index is 12.4. The van der Waals surface area contributed by atoms with E-state index in [0.717, 1.165) is 25.7 Å². The molecule has 0 aliphatic heterocycles. The summed E-state index contributed by atoms with van der Waals surface area (Å²) >= 11 is 0. The van der Waals surface area contributed by atoms with Crippen molar-refractivity contribution in [2.24, 2.45) is 5.92 Å². The molecule has 1 aliphatic rings. The van der Waals surface area contributed by atoms with Gasteiger partial charge in [-0.1, -0.05) is 19.3 Å². The van der Waals surface area contributed by atoms with Gasteiger partial charge in [0, 0.05) is 12.4 Å². The molecule has 1 aromatic heterocycles. The maximum Gasteiger partial charge on any atom is 0.407 e. The highest BCUT2D eigenvalue weighted by Gasteiger charge is 2.31. The highest BCUT2D eigenvalue weighted by atomic mass is 16.5. The van der Waals surface area contributed by atoms with Crippen molar-refractivity contribution in [2.45, 2.75) is 38.1 Å². The second kappa shape index (κ2) is 6.41. The van der Waals surface area contributed by atoms with E-state index < -0.39 is 12.1 Å². The molecule has 0 radical (unpaired) electrons. The van der Waals surface area contributed by atoms with E-state index in [-0.39, 0.29) is 11.8 Å². The molecular formula is C14H20N2O3. The first-order chi connectivity index (χ1) is 9.22. The number of methoxy groups -OCH3 is 1. The van der Waals surface area contributed by atoms with E-state index in [0.29, 0.717) is 0 Å². The number of amides is 1. The van der Waals surface area contributed by atoms with E-state index >= 15 is 0 Å². The molecule has 1 atom stereocenters. The smallest absolute Gasteiger partial charge is 0.407 e. The Bertz CT molecular complexity index is 422. The van der Waals surface area contributed by atoms with Crippen molar-refractivity contribution in [1.82, 2.24) is 9.88 Å². The van der Waals surface area contributed by atoms with E-state index in [1.807, 2.05) is 0 Å². The quantitative estimate of drug-likeness (QED) is 0.912. The van der Waals surface area contributed by atoms with Crippen LogP contribution in [0.25, 0.3) is 0 Å². The lowest BCUT2D eigenvalue weighted by Crippen LogP contribution is -2.48. The van der Waals surface area contributed by atoms with Crippen LogP contribution in [0.1, 0.15) is 36.9 Å². The third kappa shape index (κ3) is 3.36. The molecule has 1 unspecified atom stereocenters. The third-order valence-electron chi connectivity index (χ3n) is 3.70. The summed E-state index contributed by atoms with van der Waals surface area (Å²) in [5.74, 6) is 0.102. The van der Waals surface area contributed by atoms with Crippen molar-refractivity contribution in [3.8, 4) is 0 Å². The Morgan fingerprint density at radius 1 is 1.21 bits per heavy atom. The standard InChI is InChI=1S/C14H20N2O3/c1-19-14(18)15-12(11-7-3-2-4-8-11)13(17)16-9-5-6-10-16/h5-6,9-12H,2-4,7-8H2,1H3,(H,15,18). The summed E-state index contributed by atoms with van der Waals surface area (Å²) in [6.45, 7) is 0. The third-order valence-corrected chi connectivity index (χ3v) is 3.70. The lowest BCUT2D eigenvalue weighted by molar-refractivity contribution is 0.0786. The average Bonchev–Trinajstić information content (AvgIpc) is 2.99. The lowest BCUT2D eigenvalue weighted by Gasteiger charge is -2.29. The van der Waals surface area contributed by atoms with Gasteiger partial charge >= 0.3 is 6.09 Å². The highest BCUT2D eigenvalue weighted by molar-refractivity contribution is 5.87. The topological polar surface area (TPSA) is 60.3 Å². The van der Waals surface area contributed by atoms with Gasteiger partial charge in [0.15, 0.2) is 0 Å². The Morgan fingerprint density at radius 3 is 2.42 bits per heavy atom. The lowest BCUT2D eigenvalue weighted by atomic mass is 9.83. The maximum absolute atomic E-state index is 12.4. The molecule has 0 spiro atoms. The zero-order chi connectivity index (χ0) is 13.7. The van der Waals surface area contributed by atoms with Crippen LogP contribution in [0.15, 0.2) is 24.5 Å². The van der Waals surface area contributed by atoms with Gasteiger partial charge in [-0.3, -0.25) is 9.36 Å². The molecule has 1 amide bonds. The number of ether oxygens (including phenoxy) is 1. The molecule has 1 N–H and O–H groups in total. The summed E-state index contributed by atoms with van der Waals surface area (Å²) in [4.78, 5) is 23.9. The fourth-order valence-corrected chi connectivity index (χ4v) is 2.68. The largest absolute Gasteiger partial charge is 0.453 e. The Balaban J connectivity index is 2.13. The van der Waals surface area contributed by atoms with Gasteiger partial charge in [0.2, 0.25) is 0 Å². The highest BCUT2D eigenvalue weighted by Crippen LogP contribution is 2.27. The first kappa shape index (κ1) is 13.6. The molecule has 104 valence electrons. The van der Waals surface area contributed by atoms with Gasteiger partial charge in [0.1, 0.15) is 6.04 Å². The van der Waals surface area contributed by atoms with Gasteiger partial charge in [-0.25, -0.2) is 4.79 Å². The second-order valence-corrected chi connectivity index (χ2v) is 4.94. The van der Waals surface area contributed by atoms with E-state index in [2.05, 4.69) is 10.1 Å².